The number of benzene rings is 2. The summed E-state index contributed by atoms with van der Waals surface area (Å²) < 4.78 is 23.3. The zero-order valence-electron chi connectivity index (χ0n) is 15.0. The number of ether oxygens (including phenoxy) is 2. The van der Waals surface area contributed by atoms with Crippen LogP contribution in [0.5, 0.6) is 5.75 Å². The first-order chi connectivity index (χ1) is 12.5. The Hall–Kier alpha value is -2.18. The average Bonchev–Trinajstić information content (AvgIpc) is 2.61. The molecule has 138 valence electrons. The van der Waals surface area contributed by atoms with E-state index in [1.54, 1.807) is 0 Å². The summed E-state index contributed by atoms with van der Waals surface area (Å²) in [4.78, 5) is 12.4. The molecule has 3 rings (SSSR count). The number of carbonyl (C=O) groups excluding carboxylic acids is 1. The van der Waals surface area contributed by atoms with Gasteiger partial charge >= 0.3 is 6.09 Å². The third kappa shape index (κ3) is 4.51. The zero-order chi connectivity index (χ0) is 18.6. The molecule has 1 atom stereocenters. The van der Waals surface area contributed by atoms with Gasteiger partial charge < -0.3 is 14.0 Å². The fourth-order valence-electron chi connectivity index (χ4n) is 2.86. The molecule has 6 heteroatoms. The Kier molecular flexibility index (Phi) is 5.74. The van der Waals surface area contributed by atoms with Crippen LogP contribution in [-0.2, 0) is 21.5 Å². The molecule has 0 radical (unpaired) electrons. The van der Waals surface area contributed by atoms with Crippen LogP contribution in [0.25, 0.3) is 0 Å². The molecular weight excluding hydrogens is 350 g/mol. The minimum atomic E-state index is -0.959. The molecule has 0 bridgehead atoms. The minimum absolute atomic E-state index is 0.442. The molecule has 0 aliphatic carbocycles. The molecule has 1 aliphatic heterocycles. The smallest absolute Gasteiger partial charge is 0.412 e. The molecule has 0 saturated heterocycles. The predicted molar refractivity (Wildman–Crippen MR) is 102 cm³/mol. The van der Waals surface area contributed by atoms with Gasteiger partial charge in [-0.2, -0.15) is 0 Å². The van der Waals surface area contributed by atoms with Gasteiger partial charge in [0.05, 0.1) is 12.3 Å². The number of hydrogen-bond donors (Lipinski definition) is 1. The van der Waals surface area contributed by atoms with Gasteiger partial charge in [-0.15, -0.1) is 0 Å². The van der Waals surface area contributed by atoms with E-state index in [2.05, 4.69) is 5.32 Å². The lowest BCUT2D eigenvalue weighted by Gasteiger charge is -2.32. The van der Waals surface area contributed by atoms with Gasteiger partial charge in [-0.3, -0.25) is 5.32 Å². The van der Waals surface area contributed by atoms with Crippen LogP contribution in [0.2, 0.25) is 0 Å². The lowest BCUT2D eigenvalue weighted by atomic mass is 9.94. The summed E-state index contributed by atoms with van der Waals surface area (Å²) in [6, 6.07) is 15.1. The minimum Gasteiger partial charge on any atom is -0.611 e. The zero-order valence-corrected chi connectivity index (χ0v) is 15.8. The highest BCUT2D eigenvalue weighted by Gasteiger charge is 2.33. The molecule has 1 heterocycles. The third-order valence-corrected chi connectivity index (χ3v) is 5.68. The number of fused-ring (bicyclic) bond motifs is 1. The quantitative estimate of drug-likeness (QED) is 0.575. The van der Waals surface area contributed by atoms with Crippen molar-refractivity contribution in [2.45, 2.75) is 37.2 Å². The molecule has 2 aromatic carbocycles. The van der Waals surface area contributed by atoms with Crippen molar-refractivity contribution in [3.63, 3.8) is 0 Å². The first-order valence-corrected chi connectivity index (χ1v) is 9.98. The van der Waals surface area contributed by atoms with E-state index in [4.69, 9.17) is 9.47 Å². The van der Waals surface area contributed by atoms with E-state index < -0.39 is 22.9 Å². The van der Waals surface area contributed by atoms with E-state index in [0.29, 0.717) is 12.4 Å². The molecule has 1 unspecified atom stereocenters. The van der Waals surface area contributed by atoms with Crippen molar-refractivity contribution in [3.8, 4) is 5.75 Å². The standard InChI is InChI=1S/C20H23NO4S/c1-20(2)17-14-15(10-11-18(17)21-19(22)25-20)24-12-6-7-13-26(23)16-8-4-3-5-9-16/h3-5,8-11,14H,6-7,12-13H2,1-2H3,(H,21,22). The molecule has 1 amide bonds. The van der Waals surface area contributed by atoms with E-state index in [0.717, 1.165) is 34.7 Å². The largest absolute Gasteiger partial charge is 0.611 e. The summed E-state index contributed by atoms with van der Waals surface area (Å²) in [6.07, 6.45) is 1.21. The number of amides is 1. The van der Waals surface area contributed by atoms with E-state index in [1.807, 2.05) is 62.4 Å². The fourth-order valence-corrected chi connectivity index (χ4v) is 4.02. The van der Waals surface area contributed by atoms with Crippen molar-refractivity contribution < 1.29 is 18.8 Å². The topological polar surface area (TPSA) is 70.6 Å². The number of nitrogens with one attached hydrogen (secondary N) is 1. The number of carbonyl (C=O) groups is 1. The monoisotopic (exact) mass is 373 g/mol. The third-order valence-electron chi connectivity index (χ3n) is 4.22. The molecule has 1 N–H and O–H groups in total. The van der Waals surface area contributed by atoms with Crippen LogP contribution in [0, 0.1) is 0 Å². The second-order valence-electron chi connectivity index (χ2n) is 6.65. The van der Waals surface area contributed by atoms with E-state index in [9.17, 15) is 9.35 Å². The summed E-state index contributed by atoms with van der Waals surface area (Å²) in [5, 5.41) is 2.70. The van der Waals surface area contributed by atoms with Crippen LogP contribution >= 0.6 is 0 Å². The van der Waals surface area contributed by atoms with Gasteiger partial charge in [-0.1, -0.05) is 18.2 Å². The molecule has 0 saturated carbocycles. The Bertz CT molecular complexity index is 764. The summed E-state index contributed by atoms with van der Waals surface area (Å²) in [5.41, 5.74) is 0.945. The highest BCUT2D eigenvalue weighted by molar-refractivity contribution is 7.91. The summed E-state index contributed by atoms with van der Waals surface area (Å²) in [6.45, 7) is 4.26. The number of hydrogen-bond acceptors (Lipinski definition) is 4. The summed E-state index contributed by atoms with van der Waals surface area (Å²) >= 11 is -0.959. The first-order valence-electron chi connectivity index (χ1n) is 8.66. The Morgan fingerprint density at radius 3 is 2.69 bits per heavy atom. The Morgan fingerprint density at radius 1 is 1.15 bits per heavy atom. The molecular formula is C20H23NO4S. The van der Waals surface area contributed by atoms with Gasteiger partial charge in [-0.25, -0.2) is 4.79 Å². The molecule has 5 nitrogen and oxygen atoms in total. The van der Waals surface area contributed by atoms with Crippen molar-refractivity contribution in [2.75, 3.05) is 17.7 Å². The van der Waals surface area contributed by atoms with Gasteiger partial charge in [-0.05, 0) is 68.2 Å². The lowest BCUT2D eigenvalue weighted by molar-refractivity contribution is 0.0418. The maximum atomic E-state index is 12.2. The van der Waals surface area contributed by atoms with Gasteiger partial charge in [0, 0.05) is 5.56 Å². The number of rotatable bonds is 7. The van der Waals surface area contributed by atoms with Crippen molar-refractivity contribution in [3.05, 3.63) is 54.1 Å². The highest BCUT2D eigenvalue weighted by atomic mass is 32.2. The van der Waals surface area contributed by atoms with Crippen molar-refractivity contribution in [2.24, 2.45) is 0 Å². The van der Waals surface area contributed by atoms with Crippen LogP contribution in [0.15, 0.2) is 53.4 Å². The predicted octanol–water partition coefficient (Wildman–Crippen LogP) is 4.45. The van der Waals surface area contributed by atoms with Crippen molar-refractivity contribution in [1.29, 1.82) is 0 Å². The second kappa shape index (κ2) is 8.01. The SMILES string of the molecule is CC1(C)OC(=O)Nc2ccc(OCCCC[S+]([O-])c3ccccc3)cc21. The summed E-state index contributed by atoms with van der Waals surface area (Å²) in [7, 11) is 0. The van der Waals surface area contributed by atoms with Crippen LogP contribution in [-0.4, -0.2) is 23.0 Å². The normalized spacial score (nSPS) is 16.2. The van der Waals surface area contributed by atoms with Gasteiger partial charge in [0.1, 0.15) is 17.1 Å². The number of unbranched alkanes of at least 4 members (excludes halogenated alkanes) is 1. The first kappa shape index (κ1) is 18.6. The Balaban J connectivity index is 1.48. The fraction of sp³-hybridized carbons (Fsp3) is 0.350. The Morgan fingerprint density at radius 2 is 1.92 bits per heavy atom. The molecule has 0 fully saturated rings. The Labute approximate surface area is 156 Å². The van der Waals surface area contributed by atoms with Crippen LogP contribution in [0.3, 0.4) is 0 Å². The van der Waals surface area contributed by atoms with E-state index in [1.165, 1.54) is 0 Å². The van der Waals surface area contributed by atoms with Gasteiger partial charge in [0.15, 0.2) is 4.90 Å². The summed E-state index contributed by atoms with van der Waals surface area (Å²) in [5.74, 6) is 1.37. The van der Waals surface area contributed by atoms with E-state index in [-0.39, 0.29) is 0 Å². The highest BCUT2D eigenvalue weighted by Crippen LogP contribution is 2.37. The molecule has 1 aliphatic rings. The molecule has 2 aromatic rings. The number of anilines is 1. The van der Waals surface area contributed by atoms with Crippen LogP contribution in [0.1, 0.15) is 32.3 Å². The van der Waals surface area contributed by atoms with Crippen LogP contribution < -0.4 is 10.1 Å². The lowest BCUT2D eigenvalue weighted by Crippen LogP contribution is -2.34. The molecule has 0 spiro atoms. The van der Waals surface area contributed by atoms with Gasteiger partial charge in [0.2, 0.25) is 0 Å². The molecule has 26 heavy (non-hydrogen) atoms. The average molecular weight is 373 g/mol. The number of cyclic esters (lactones) is 1. The second-order valence-corrected chi connectivity index (χ2v) is 8.22. The van der Waals surface area contributed by atoms with Crippen molar-refractivity contribution in [1.82, 2.24) is 0 Å². The van der Waals surface area contributed by atoms with Gasteiger partial charge in [0.25, 0.3) is 0 Å². The van der Waals surface area contributed by atoms with Crippen LogP contribution in [0.4, 0.5) is 10.5 Å². The maximum absolute atomic E-state index is 12.2. The molecule has 0 aromatic heterocycles. The van der Waals surface area contributed by atoms with Crippen molar-refractivity contribution >= 4 is 23.0 Å². The van der Waals surface area contributed by atoms with E-state index >= 15 is 0 Å². The maximum Gasteiger partial charge on any atom is 0.412 e.